The van der Waals surface area contributed by atoms with Crippen LogP contribution < -0.4 is 16.4 Å². The van der Waals surface area contributed by atoms with E-state index in [-0.39, 0.29) is 17.7 Å². The number of likely N-dealkylation sites (tertiary alicyclic amines) is 1. The van der Waals surface area contributed by atoms with Crippen LogP contribution in [0.2, 0.25) is 0 Å². The van der Waals surface area contributed by atoms with Crippen LogP contribution in [0, 0.1) is 11.8 Å². The standard InChI is InChI=1S/C21H38N4O5/c1-8-13(4)16(17(22)26)23-18(27)14-10-9-11-25(14)19(28)15(12(2)3)24-20(29)30-21(5,6)7/h12-16H,8-11H2,1-7H3,(H2,22,26)(H,23,27)(H,24,29)/t13-,14+,15+,16+/m1/s1. The number of amides is 4. The Balaban J connectivity index is 2.93. The summed E-state index contributed by atoms with van der Waals surface area (Å²) >= 11 is 0. The number of alkyl carbamates (subject to hydrolysis) is 1. The molecule has 9 heteroatoms. The maximum Gasteiger partial charge on any atom is 0.408 e. The summed E-state index contributed by atoms with van der Waals surface area (Å²) in [6.45, 7) is 13.0. The van der Waals surface area contributed by atoms with Gasteiger partial charge in [-0.1, -0.05) is 34.1 Å². The third-order valence-corrected chi connectivity index (χ3v) is 5.26. The van der Waals surface area contributed by atoms with Crippen LogP contribution in [0.4, 0.5) is 4.79 Å². The highest BCUT2D eigenvalue weighted by atomic mass is 16.6. The van der Waals surface area contributed by atoms with Gasteiger partial charge in [0, 0.05) is 6.54 Å². The number of nitrogens with two attached hydrogens (primary N) is 1. The van der Waals surface area contributed by atoms with Crippen LogP contribution in [0.25, 0.3) is 0 Å². The highest BCUT2D eigenvalue weighted by Crippen LogP contribution is 2.21. The molecular formula is C21H38N4O5. The van der Waals surface area contributed by atoms with E-state index >= 15 is 0 Å². The predicted molar refractivity (Wildman–Crippen MR) is 113 cm³/mol. The minimum atomic E-state index is -0.824. The Kier molecular flexibility index (Phi) is 9.11. The quantitative estimate of drug-likeness (QED) is 0.542. The average Bonchev–Trinajstić information content (AvgIpc) is 3.10. The molecule has 0 radical (unpaired) electrons. The van der Waals surface area contributed by atoms with Gasteiger partial charge in [0.1, 0.15) is 23.7 Å². The molecule has 1 saturated heterocycles. The van der Waals surface area contributed by atoms with Crippen molar-refractivity contribution < 1.29 is 23.9 Å². The number of carbonyl (C=O) groups is 4. The summed E-state index contributed by atoms with van der Waals surface area (Å²) in [6, 6.07) is -2.32. The van der Waals surface area contributed by atoms with Gasteiger partial charge in [-0.2, -0.15) is 0 Å². The van der Waals surface area contributed by atoms with Gasteiger partial charge in [0.25, 0.3) is 0 Å². The molecule has 30 heavy (non-hydrogen) atoms. The van der Waals surface area contributed by atoms with Crippen LogP contribution in [0.3, 0.4) is 0 Å². The number of rotatable bonds is 8. The number of hydrogen-bond acceptors (Lipinski definition) is 5. The van der Waals surface area contributed by atoms with Gasteiger partial charge >= 0.3 is 6.09 Å². The maximum absolute atomic E-state index is 13.2. The van der Waals surface area contributed by atoms with Gasteiger partial charge in [-0.15, -0.1) is 0 Å². The fraction of sp³-hybridized carbons (Fsp3) is 0.810. The molecule has 4 atom stereocenters. The fourth-order valence-electron chi connectivity index (χ4n) is 3.41. The van der Waals surface area contributed by atoms with Crippen LogP contribution in [0.1, 0.15) is 67.7 Å². The van der Waals surface area contributed by atoms with Gasteiger partial charge < -0.3 is 26.0 Å². The predicted octanol–water partition coefficient (Wildman–Crippen LogP) is 1.54. The lowest BCUT2D eigenvalue weighted by atomic mass is 9.98. The van der Waals surface area contributed by atoms with Gasteiger partial charge in [0.15, 0.2) is 0 Å². The van der Waals surface area contributed by atoms with Gasteiger partial charge in [-0.25, -0.2) is 4.79 Å². The van der Waals surface area contributed by atoms with Crippen LogP contribution >= 0.6 is 0 Å². The van der Waals surface area contributed by atoms with Crippen molar-refractivity contribution in [3.05, 3.63) is 0 Å². The number of nitrogens with one attached hydrogen (secondary N) is 2. The molecule has 4 amide bonds. The number of nitrogens with zero attached hydrogens (tertiary/aromatic N) is 1. The molecule has 1 heterocycles. The molecule has 1 aliphatic rings. The molecule has 1 aliphatic heterocycles. The first-order chi connectivity index (χ1) is 13.8. The summed E-state index contributed by atoms with van der Waals surface area (Å²) in [4.78, 5) is 51.5. The lowest BCUT2D eigenvalue weighted by Crippen LogP contribution is -2.58. The lowest BCUT2D eigenvalue weighted by Gasteiger charge is -2.32. The Morgan fingerprint density at radius 1 is 1.10 bits per heavy atom. The Bertz CT molecular complexity index is 644. The van der Waals surface area contributed by atoms with Crippen LogP contribution in [0.5, 0.6) is 0 Å². The smallest absolute Gasteiger partial charge is 0.408 e. The third-order valence-electron chi connectivity index (χ3n) is 5.26. The van der Waals surface area contributed by atoms with E-state index in [1.165, 1.54) is 4.90 Å². The van der Waals surface area contributed by atoms with Crippen LogP contribution in [-0.2, 0) is 19.1 Å². The first-order valence-corrected chi connectivity index (χ1v) is 10.7. The average molecular weight is 427 g/mol. The monoisotopic (exact) mass is 426 g/mol. The summed E-state index contributed by atoms with van der Waals surface area (Å²) in [6.07, 6.45) is 1.14. The van der Waals surface area contributed by atoms with Crippen molar-refractivity contribution in [3.8, 4) is 0 Å². The molecule has 1 rings (SSSR count). The Morgan fingerprint density at radius 2 is 1.70 bits per heavy atom. The van der Waals surface area contributed by atoms with Gasteiger partial charge in [-0.3, -0.25) is 14.4 Å². The number of carbonyl (C=O) groups excluding carboxylic acids is 4. The highest BCUT2D eigenvalue weighted by molar-refractivity contribution is 5.94. The van der Waals surface area contributed by atoms with E-state index in [1.54, 1.807) is 20.8 Å². The van der Waals surface area contributed by atoms with Gasteiger partial charge in [0.2, 0.25) is 17.7 Å². The summed E-state index contributed by atoms with van der Waals surface area (Å²) in [7, 11) is 0. The molecule has 0 saturated carbocycles. The van der Waals surface area contributed by atoms with E-state index < -0.39 is 41.6 Å². The van der Waals surface area contributed by atoms with Crippen molar-refractivity contribution in [1.29, 1.82) is 0 Å². The summed E-state index contributed by atoms with van der Waals surface area (Å²) < 4.78 is 5.27. The van der Waals surface area contributed by atoms with Crippen molar-refractivity contribution in [2.75, 3.05) is 6.54 Å². The van der Waals surface area contributed by atoms with Crippen LogP contribution in [-0.4, -0.2) is 59.0 Å². The topological polar surface area (TPSA) is 131 Å². The van der Waals surface area contributed by atoms with Crippen molar-refractivity contribution in [2.24, 2.45) is 17.6 Å². The Labute approximate surface area is 179 Å². The minimum absolute atomic E-state index is 0.116. The molecule has 0 unspecified atom stereocenters. The summed E-state index contributed by atoms with van der Waals surface area (Å²) in [5, 5.41) is 5.35. The van der Waals surface area contributed by atoms with Crippen molar-refractivity contribution >= 4 is 23.8 Å². The minimum Gasteiger partial charge on any atom is -0.444 e. The first-order valence-electron chi connectivity index (χ1n) is 10.7. The molecule has 9 nitrogen and oxygen atoms in total. The Hall–Kier alpha value is -2.32. The highest BCUT2D eigenvalue weighted by Gasteiger charge is 2.40. The normalized spacial score (nSPS) is 19.7. The molecule has 172 valence electrons. The van der Waals surface area contributed by atoms with Gasteiger partial charge in [-0.05, 0) is 45.4 Å². The second kappa shape index (κ2) is 10.6. The van der Waals surface area contributed by atoms with E-state index in [0.29, 0.717) is 25.8 Å². The number of hydrogen-bond donors (Lipinski definition) is 3. The largest absolute Gasteiger partial charge is 0.444 e. The van der Waals surface area contributed by atoms with E-state index in [4.69, 9.17) is 10.5 Å². The van der Waals surface area contributed by atoms with Crippen LogP contribution in [0.15, 0.2) is 0 Å². The second-order valence-corrected chi connectivity index (χ2v) is 9.33. The SMILES string of the molecule is CC[C@@H](C)[C@H](NC(=O)[C@@H]1CCCN1C(=O)[C@@H](NC(=O)OC(C)(C)C)C(C)C)C(N)=O. The van der Waals surface area contributed by atoms with E-state index in [0.717, 1.165) is 0 Å². The molecule has 1 fully saturated rings. The molecule has 4 N–H and O–H groups in total. The molecule has 0 aliphatic carbocycles. The third kappa shape index (κ3) is 7.18. The molecule has 0 aromatic heterocycles. The maximum atomic E-state index is 13.2. The van der Waals surface area contributed by atoms with E-state index in [1.807, 2.05) is 27.7 Å². The molecule has 0 bridgehead atoms. The van der Waals surface area contributed by atoms with Gasteiger partial charge in [0.05, 0.1) is 0 Å². The fourth-order valence-corrected chi connectivity index (χ4v) is 3.41. The molecule has 0 spiro atoms. The summed E-state index contributed by atoms with van der Waals surface area (Å²) in [5.74, 6) is -1.65. The zero-order chi connectivity index (χ0) is 23.2. The molecular weight excluding hydrogens is 388 g/mol. The number of ether oxygens (including phenoxy) is 1. The van der Waals surface area contributed by atoms with Crippen molar-refractivity contribution in [3.63, 3.8) is 0 Å². The van der Waals surface area contributed by atoms with E-state index in [2.05, 4.69) is 10.6 Å². The molecule has 0 aromatic rings. The van der Waals surface area contributed by atoms with Crippen molar-refractivity contribution in [2.45, 2.75) is 91.5 Å². The van der Waals surface area contributed by atoms with Crippen molar-refractivity contribution in [1.82, 2.24) is 15.5 Å². The second-order valence-electron chi connectivity index (χ2n) is 9.33. The number of primary amides is 1. The zero-order valence-electron chi connectivity index (χ0n) is 19.3. The zero-order valence-corrected chi connectivity index (χ0v) is 19.3. The summed E-state index contributed by atoms with van der Waals surface area (Å²) in [5.41, 5.74) is 4.76. The first kappa shape index (κ1) is 25.7. The lowest BCUT2D eigenvalue weighted by molar-refractivity contribution is -0.141. The van der Waals surface area contributed by atoms with E-state index in [9.17, 15) is 19.2 Å². The molecule has 0 aromatic carbocycles. The Morgan fingerprint density at radius 3 is 2.17 bits per heavy atom.